The van der Waals surface area contributed by atoms with E-state index in [2.05, 4.69) is 10.0 Å². The molecule has 6 nitrogen and oxygen atoms in total. The predicted molar refractivity (Wildman–Crippen MR) is 83.6 cm³/mol. The maximum absolute atomic E-state index is 12.5. The van der Waals surface area contributed by atoms with Crippen LogP contribution in [0.5, 0.6) is 0 Å². The van der Waals surface area contributed by atoms with E-state index < -0.39 is 10.0 Å². The van der Waals surface area contributed by atoms with Crippen LogP contribution in [-0.4, -0.2) is 39.3 Å². The van der Waals surface area contributed by atoms with Crippen LogP contribution in [-0.2, 0) is 28.4 Å². The van der Waals surface area contributed by atoms with Crippen LogP contribution in [0.1, 0.15) is 26.5 Å². The molecule has 1 aromatic heterocycles. The van der Waals surface area contributed by atoms with Crippen molar-refractivity contribution < 1.29 is 13.2 Å². The van der Waals surface area contributed by atoms with Gasteiger partial charge >= 0.3 is 0 Å². The summed E-state index contributed by atoms with van der Waals surface area (Å²) < 4.78 is 34.6. The number of rotatable bonds is 9. The molecule has 2 N–H and O–H groups in total. The third-order valence-electron chi connectivity index (χ3n) is 3.41. The van der Waals surface area contributed by atoms with Crippen LogP contribution in [0.3, 0.4) is 0 Å². The Bertz CT molecular complexity index is 538. The highest BCUT2D eigenvalue weighted by Crippen LogP contribution is 2.15. The Hall–Kier alpha value is -0.890. The lowest BCUT2D eigenvalue weighted by molar-refractivity contribution is 0.157. The Morgan fingerprint density at radius 3 is 2.57 bits per heavy atom. The zero-order valence-corrected chi connectivity index (χ0v) is 14.3. The molecule has 0 radical (unpaired) electrons. The van der Waals surface area contributed by atoms with Gasteiger partial charge in [-0.1, -0.05) is 20.8 Å². The summed E-state index contributed by atoms with van der Waals surface area (Å²) in [6.07, 6.45) is 1.64. The van der Waals surface area contributed by atoms with Gasteiger partial charge in [-0.15, -0.1) is 0 Å². The minimum absolute atomic E-state index is 0.157. The first kappa shape index (κ1) is 18.2. The highest BCUT2D eigenvalue weighted by atomic mass is 32.2. The normalized spacial score (nSPS) is 13.8. The smallest absolute Gasteiger partial charge is 0.242 e. The molecule has 122 valence electrons. The molecule has 0 aliphatic heterocycles. The first-order valence-corrected chi connectivity index (χ1v) is 8.67. The molecule has 0 aromatic carbocycles. The van der Waals surface area contributed by atoms with Crippen molar-refractivity contribution in [2.24, 2.45) is 13.0 Å². The van der Waals surface area contributed by atoms with Gasteiger partial charge in [0.2, 0.25) is 10.0 Å². The lowest BCUT2D eigenvalue weighted by Crippen LogP contribution is -2.41. The van der Waals surface area contributed by atoms with Gasteiger partial charge < -0.3 is 14.6 Å². The Morgan fingerprint density at radius 1 is 1.38 bits per heavy atom. The van der Waals surface area contributed by atoms with Crippen LogP contribution in [0, 0.1) is 5.92 Å². The fourth-order valence-corrected chi connectivity index (χ4v) is 3.43. The molecule has 0 aliphatic rings. The minimum Gasteiger partial charge on any atom is -0.383 e. The molecule has 21 heavy (non-hydrogen) atoms. The monoisotopic (exact) mass is 317 g/mol. The number of aryl methyl sites for hydroxylation is 1. The van der Waals surface area contributed by atoms with Gasteiger partial charge in [-0.25, -0.2) is 13.1 Å². The second-order valence-corrected chi connectivity index (χ2v) is 7.20. The highest BCUT2D eigenvalue weighted by molar-refractivity contribution is 7.89. The van der Waals surface area contributed by atoms with Gasteiger partial charge in [0.15, 0.2) is 0 Å². The molecule has 7 heteroatoms. The van der Waals surface area contributed by atoms with E-state index in [9.17, 15) is 8.42 Å². The summed E-state index contributed by atoms with van der Waals surface area (Å²) >= 11 is 0. The number of nitrogens with one attached hydrogen (secondary N) is 2. The molecule has 1 unspecified atom stereocenters. The number of sulfonamides is 1. The topological polar surface area (TPSA) is 72.4 Å². The van der Waals surface area contributed by atoms with Crippen LogP contribution in [0.25, 0.3) is 0 Å². The SMILES string of the molecule is CCNCc1cc(S(=O)(=O)NC(COC)C(C)C)cn1C. The van der Waals surface area contributed by atoms with E-state index in [4.69, 9.17) is 4.74 Å². The summed E-state index contributed by atoms with van der Waals surface area (Å²) in [5.41, 5.74) is 0.935. The molecule has 0 saturated carbocycles. The number of hydrogen-bond donors (Lipinski definition) is 2. The van der Waals surface area contributed by atoms with E-state index in [-0.39, 0.29) is 12.0 Å². The van der Waals surface area contributed by atoms with Crippen LogP contribution in [0.15, 0.2) is 17.2 Å². The van der Waals surface area contributed by atoms with Gasteiger partial charge in [-0.2, -0.15) is 0 Å². The molecule has 1 aromatic rings. The van der Waals surface area contributed by atoms with E-state index in [1.54, 1.807) is 19.4 Å². The molecule has 0 amide bonds. The van der Waals surface area contributed by atoms with Crippen molar-refractivity contribution in [1.82, 2.24) is 14.6 Å². The zero-order chi connectivity index (χ0) is 16.0. The van der Waals surface area contributed by atoms with Gasteiger partial charge in [0.25, 0.3) is 0 Å². The van der Waals surface area contributed by atoms with E-state index in [1.165, 1.54) is 0 Å². The number of ether oxygens (including phenoxy) is 1. The van der Waals surface area contributed by atoms with Crippen LogP contribution < -0.4 is 10.0 Å². The molecule has 0 bridgehead atoms. The Balaban J connectivity index is 2.91. The zero-order valence-electron chi connectivity index (χ0n) is 13.5. The lowest BCUT2D eigenvalue weighted by atomic mass is 10.1. The van der Waals surface area contributed by atoms with Gasteiger partial charge in [-0.05, 0) is 18.5 Å². The molecule has 0 saturated heterocycles. The fourth-order valence-electron chi connectivity index (χ4n) is 1.96. The lowest BCUT2D eigenvalue weighted by Gasteiger charge is -2.20. The van der Waals surface area contributed by atoms with Gasteiger partial charge in [0.05, 0.1) is 11.5 Å². The van der Waals surface area contributed by atoms with Gasteiger partial charge in [0, 0.05) is 38.6 Å². The van der Waals surface area contributed by atoms with Gasteiger partial charge in [0.1, 0.15) is 0 Å². The maximum Gasteiger partial charge on any atom is 0.242 e. The average Bonchev–Trinajstić information content (AvgIpc) is 2.78. The summed E-state index contributed by atoms with van der Waals surface area (Å²) in [6, 6.07) is 1.47. The number of aromatic nitrogens is 1. The highest BCUT2D eigenvalue weighted by Gasteiger charge is 2.24. The van der Waals surface area contributed by atoms with E-state index in [0.717, 1.165) is 12.2 Å². The molecule has 1 atom stereocenters. The second kappa shape index (κ2) is 7.93. The van der Waals surface area contributed by atoms with Crippen molar-refractivity contribution in [3.05, 3.63) is 18.0 Å². The van der Waals surface area contributed by atoms with E-state index in [0.29, 0.717) is 18.0 Å². The van der Waals surface area contributed by atoms with E-state index in [1.807, 2.05) is 32.4 Å². The summed E-state index contributed by atoms with van der Waals surface area (Å²) in [4.78, 5) is 0.291. The first-order chi connectivity index (χ1) is 9.81. The fraction of sp³-hybridized carbons (Fsp3) is 0.714. The molecule has 0 fully saturated rings. The van der Waals surface area contributed by atoms with Crippen molar-refractivity contribution in [2.75, 3.05) is 20.3 Å². The molecular formula is C14H27N3O3S. The van der Waals surface area contributed by atoms with Crippen molar-refractivity contribution in [3.63, 3.8) is 0 Å². The Kier molecular flexibility index (Phi) is 6.86. The molecule has 0 spiro atoms. The Morgan fingerprint density at radius 2 is 2.05 bits per heavy atom. The third-order valence-corrected chi connectivity index (χ3v) is 4.86. The molecular weight excluding hydrogens is 290 g/mol. The van der Waals surface area contributed by atoms with Crippen LogP contribution >= 0.6 is 0 Å². The maximum atomic E-state index is 12.5. The molecule has 0 aliphatic carbocycles. The number of hydrogen-bond acceptors (Lipinski definition) is 4. The minimum atomic E-state index is -3.53. The second-order valence-electron chi connectivity index (χ2n) is 5.49. The van der Waals surface area contributed by atoms with Crippen LogP contribution in [0.4, 0.5) is 0 Å². The van der Waals surface area contributed by atoms with Crippen molar-refractivity contribution in [2.45, 2.75) is 38.3 Å². The summed E-state index contributed by atoms with van der Waals surface area (Å²) in [7, 11) is -0.114. The standard InChI is InChI=1S/C14H27N3O3S/c1-6-15-8-12-7-13(9-17(12)4)21(18,19)16-14(10-20-5)11(2)3/h7,9,11,14-16H,6,8,10H2,1-5H3. The van der Waals surface area contributed by atoms with Crippen molar-refractivity contribution in [1.29, 1.82) is 0 Å². The van der Waals surface area contributed by atoms with Crippen LogP contribution in [0.2, 0.25) is 0 Å². The average molecular weight is 317 g/mol. The first-order valence-electron chi connectivity index (χ1n) is 7.19. The summed E-state index contributed by atoms with van der Waals surface area (Å²) in [6.45, 7) is 7.79. The Labute approximate surface area is 127 Å². The summed E-state index contributed by atoms with van der Waals surface area (Å²) in [5.74, 6) is 0.157. The van der Waals surface area contributed by atoms with Gasteiger partial charge in [-0.3, -0.25) is 0 Å². The van der Waals surface area contributed by atoms with E-state index >= 15 is 0 Å². The largest absolute Gasteiger partial charge is 0.383 e. The van der Waals surface area contributed by atoms with Crippen molar-refractivity contribution >= 4 is 10.0 Å². The predicted octanol–water partition coefficient (Wildman–Crippen LogP) is 1.08. The quantitative estimate of drug-likeness (QED) is 0.715. The summed E-state index contributed by atoms with van der Waals surface area (Å²) in [5, 5.41) is 3.19. The molecule has 1 heterocycles. The third kappa shape index (κ3) is 5.10. The number of nitrogens with zero attached hydrogens (tertiary/aromatic N) is 1. The molecule has 1 rings (SSSR count). The number of methoxy groups -OCH3 is 1. The van der Waals surface area contributed by atoms with Crippen molar-refractivity contribution in [3.8, 4) is 0 Å².